The van der Waals surface area contributed by atoms with Gasteiger partial charge in [0.1, 0.15) is 5.69 Å². The molecule has 1 atom stereocenters. The molecule has 0 bridgehead atoms. The Morgan fingerprint density at radius 1 is 1.69 bits per heavy atom. The Kier molecular flexibility index (Phi) is 3.51. The van der Waals surface area contributed by atoms with Crippen LogP contribution in [-0.4, -0.2) is 28.9 Å². The standard InChI is InChI=1S/C11H14ClNO3/c12-9-4-10(11(14)15)13(6-9)5-8-2-1-3-16-7-8/h4,6,8H,1-3,5,7H2,(H,14,15). The van der Waals surface area contributed by atoms with Crippen molar-refractivity contribution in [3.05, 3.63) is 23.0 Å². The molecule has 4 nitrogen and oxygen atoms in total. The Hall–Kier alpha value is -1.00. The van der Waals surface area contributed by atoms with Crippen molar-refractivity contribution < 1.29 is 14.6 Å². The first-order valence-electron chi connectivity index (χ1n) is 5.33. The first kappa shape index (κ1) is 11.5. The van der Waals surface area contributed by atoms with Crippen LogP contribution in [0.5, 0.6) is 0 Å². The van der Waals surface area contributed by atoms with Crippen molar-refractivity contribution in [3.8, 4) is 0 Å². The third-order valence-corrected chi connectivity index (χ3v) is 3.00. The largest absolute Gasteiger partial charge is 0.477 e. The summed E-state index contributed by atoms with van der Waals surface area (Å²) in [6.07, 6.45) is 3.79. The molecule has 2 heterocycles. The quantitative estimate of drug-likeness (QED) is 0.886. The van der Waals surface area contributed by atoms with Crippen LogP contribution in [0.4, 0.5) is 0 Å². The number of rotatable bonds is 3. The van der Waals surface area contributed by atoms with E-state index in [9.17, 15) is 4.79 Å². The Balaban J connectivity index is 2.10. The van der Waals surface area contributed by atoms with E-state index < -0.39 is 5.97 Å². The minimum atomic E-state index is -0.941. The van der Waals surface area contributed by atoms with Gasteiger partial charge in [-0.1, -0.05) is 11.6 Å². The zero-order valence-electron chi connectivity index (χ0n) is 8.86. The number of hydrogen-bond donors (Lipinski definition) is 1. The first-order valence-corrected chi connectivity index (χ1v) is 5.71. The van der Waals surface area contributed by atoms with Gasteiger partial charge in [0, 0.05) is 25.3 Å². The molecule has 0 amide bonds. The van der Waals surface area contributed by atoms with E-state index in [0.717, 1.165) is 19.4 Å². The molecule has 1 unspecified atom stereocenters. The maximum absolute atomic E-state index is 11.0. The van der Waals surface area contributed by atoms with Crippen molar-refractivity contribution >= 4 is 17.6 Å². The van der Waals surface area contributed by atoms with Crippen LogP contribution in [0.15, 0.2) is 12.3 Å². The molecule has 1 aliphatic heterocycles. The van der Waals surface area contributed by atoms with Gasteiger partial charge in [0.15, 0.2) is 0 Å². The van der Waals surface area contributed by atoms with Crippen LogP contribution in [0.3, 0.4) is 0 Å². The van der Waals surface area contributed by atoms with E-state index in [1.54, 1.807) is 10.8 Å². The van der Waals surface area contributed by atoms with Crippen molar-refractivity contribution in [2.24, 2.45) is 5.92 Å². The summed E-state index contributed by atoms with van der Waals surface area (Å²) in [5.74, 6) is -0.557. The Morgan fingerprint density at radius 3 is 3.12 bits per heavy atom. The smallest absolute Gasteiger partial charge is 0.352 e. The molecular weight excluding hydrogens is 230 g/mol. The normalized spacial score (nSPS) is 20.9. The van der Waals surface area contributed by atoms with E-state index in [0.29, 0.717) is 24.1 Å². The highest BCUT2D eigenvalue weighted by Gasteiger charge is 2.18. The summed E-state index contributed by atoms with van der Waals surface area (Å²) < 4.78 is 7.07. The predicted molar refractivity (Wildman–Crippen MR) is 59.9 cm³/mol. The van der Waals surface area contributed by atoms with Crippen LogP contribution < -0.4 is 0 Å². The average Bonchev–Trinajstić information content (AvgIpc) is 2.61. The zero-order chi connectivity index (χ0) is 11.5. The summed E-state index contributed by atoms with van der Waals surface area (Å²) in [7, 11) is 0. The molecule has 1 aromatic rings. The van der Waals surface area contributed by atoms with Crippen LogP contribution >= 0.6 is 11.6 Å². The van der Waals surface area contributed by atoms with Crippen LogP contribution in [0.25, 0.3) is 0 Å². The lowest BCUT2D eigenvalue weighted by Gasteiger charge is -2.22. The van der Waals surface area contributed by atoms with Gasteiger partial charge >= 0.3 is 5.97 Å². The highest BCUT2D eigenvalue weighted by Crippen LogP contribution is 2.20. The van der Waals surface area contributed by atoms with Crippen molar-refractivity contribution in [1.29, 1.82) is 0 Å². The van der Waals surface area contributed by atoms with Gasteiger partial charge < -0.3 is 14.4 Å². The number of aromatic carboxylic acids is 1. The highest BCUT2D eigenvalue weighted by molar-refractivity contribution is 6.30. The maximum atomic E-state index is 11.0. The van der Waals surface area contributed by atoms with Crippen molar-refractivity contribution in [2.75, 3.05) is 13.2 Å². The van der Waals surface area contributed by atoms with E-state index in [4.69, 9.17) is 21.4 Å². The third-order valence-electron chi connectivity index (χ3n) is 2.79. The van der Waals surface area contributed by atoms with Gasteiger partial charge in [-0.2, -0.15) is 0 Å². The molecule has 1 fully saturated rings. The second kappa shape index (κ2) is 4.89. The predicted octanol–water partition coefficient (Wildman–Crippen LogP) is 2.27. The lowest BCUT2D eigenvalue weighted by molar-refractivity contribution is 0.0471. The summed E-state index contributed by atoms with van der Waals surface area (Å²) in [5.41, 5.74) is 0.246. The molecule has 16 heavy (non-hydrogen) atoms. The van der Waals surface area contributed by atoms with Gasteiger partial charge in [0.25, 0.3) is 0 Å². The van der Waals surface area contributed by atoms with E-state index in [1.807, 2.05) is 0 Å². The summed E-state index contributed by atoms with van der Waals surface area (Å²) in [4.78, 5) is 11.0. The molecule has 0 saturated carbocycles. The SMILES string of the molecule is O=C(O)c1cc(Cl)cn1CC1CCCOC1. The molecule has 2 rings (SSSR count). The van der Waals surface area contributed by atoms with E-state index >= 15 is 0 Å². The molecule has 1 aliphatic rings. The first-order chi connectivity index (χ1) is 7.66. The number of carbonyl (C=O) groups is 1. The lowest BCUT2D eigenvalue weighted by Crippen LogP contribution is -2.23. The summed E-state index contributed by atoms with van der Waals surface area (Å²) in [5, 5.41) is 9.46. The second-order valence-electron chi connectivity index (χ2n) is 4.08. The van der Waals surface area contributed by atoms with Crippen molar-refractivity contribution in [1.82, 2.24) is 4.57 Å². The molecule has 0 spiro atoms. The summed E-state index contributed by atoms with van der Waals surface area (Å²) in [6, 6.07) is 1.48. The average molecular weight is 244 g/mol. The fourth-order valence-corrected chi connectivity index (χ4v) is 2.26. The fraction of sp³-hybridized carbons (Fsp3) is 0.545. The number of halogens is 1. The maximum Gasteiger partial charge on any atom is 0.352 e. The fourth-order valence-electron chi connectivity index (χ4n) is 2.03. The number of nitrogens with zero attached hydrogens (tertiary/aromatic N) is 1. The molecule has 1 N–H and O–H groups in total. The van der Waals surface area contributed by atoms with Crippen LogP contribution in [0.1, 0.15) is 23.3 Å². The second-order valence-corrected chi connectivity index (χ2v) is 4.52. The Labute approximate surface area is 98.8 Å². The van der Waals surface area contributed by atoms with Crippen LogP contribution in [0.2, 0.25) is 5.02 Å². The Morgan fingerprint density at radius 2 is 2.50 bits per heavy atom. The minimum Gasteiger partial charge on any atom is -0.477 e. The molecule has 0 aliphatic carbocycles. The van der Waals surface area contributed by atoms with Crippen molar-refractivity contribution in [2.45, 2.75) is 19.4 Å². The molecule has 1 saturated heterocycles. The van der Waals surface area contributed by atoms with Crippen LogP contribution in [-0.2, 0) is 11.3 Å². The van der Waals surface area contributed by atoms with Gasteiger partial charge in [-0.15, -0.1) is 0 Å². The van der Waals surface area contributed by atoms with Crippen LogP contribution in [0, 0.1) is 5.92 Å². The molecule has 1 aromatic heterocycles. The number of ether oxygens (including phenoxy) is 1. The van der Waals surface area contributed by atoms with Crippen molar-refractivity contribution in [3.63, 3.8) is 0 Å². The number of hydrogen-bond acceptors (Lipinski definition) is 2. The summed E-state index contributed by atoms with van der Waals surface area (Å²) >= 11 is 5.81. The highest BCUT2D eigenvalue weighted by atomic mass is 35.5. The molecule has 0 aromatic carbocycles. The number of aromatic nitrogens is 1. The van der Waals surface area contributed by atoms with Gasteiger partial charge in [0.2, 0.25) is 0 Å². The number of carboxylic acids is 1. The van der Waals surface area contributed by atoms with Gasteiger partial charge in [-0.3, -0.25) is 0 Å². The minimum absolute atomic E-state index is 0.246. The number of carboxylic acid groups (broad SMARTS) is 1. The van der Waals surface area contributed by atoms with Gasteiger partial charge in [0.05, 0.1) is 11.6 Å². The van der Waals surface area contributed by atoms with E-state index in [2.05, 4.69) is 0 Å². The summed E-state index contributed by atoms with van der Waals surface area (Å²) in [6.45, 7) is 2.18. The van der Waals surface area contributed by atoms with E-state index in [1.165, 1.54) is 6.07 Å². The molecule has 0 radical (unpaired) electrons. The Bertz CT molecular complexity index is 383. The monoisotopic (exact) mass is 243 g/mol. The molecular formula is C11H14ClNO3. The lowest BCUT2D eigenvalue weighted by atomic mass is 10.0. The van der Waals surface area contributed by atoms with Gasteiger partial charge in [-0.05, 0) is 18.9 Å². The topological polar surface area (TPSA) is 51.5 Å². The van der Waals surface area contributed by atoms with E-state index in [-0.39, 0.29) is 5.69 Å². The third kappa shape index (κ3) is 2.57. The zero-order valence-corrected chi connectivity index (χ0v) is 9.61. The van der Waals surface area contributed by atoms with Gasteiger partial charge in [-0.25, -0.2) is 4.79 Å². The molecule has 5 heteroatoms. The molecule has 88 valence electrons.